The summed E-state index contributed by atoms with van der Waals surface area (Å²) in [6.07, 6.45) is 1.10. The lowest BCUT2D eigenvalue weighted by Crippen LogP contribution is -2.33. The highest BCUT2D eigenvalue weighted by atomic mass is 16.2. The molecule has 1 saturated heterocycles. The van der Waals surface area contributed by atoms with Crippen molar-refractivity contribution in [3.8, 4) is 11.3 Å². The first-order valence-corrected chi connectivity index (χ1v) is 9.77. The Kier molecular flexibility index (Phi) is 5.15. The highest BCUT2D eigenvalue weighted by Crippen LogP contribution is 2.25. The lowest BCUT2D eigenvalue weighted by Gasteiger charge is -2.22. The molecule has 5 nitrogen and oxygen atoms in total. The molecule has 0 N–H and O–H groups in total. The van der Waals surface area contributed by atoms with Gasteiger partial charge in [0.25, 0.3) is 5.91 Å². The summed E-state index contributed by atoms with van der Waals surface area (Å²) >= 11 is 0. The molecule has 0 radical (unpaired) electrons. The summed E-state index contributed by atoms with van der Waals surface area (Å²) in [5, 5.41) is 4.46. The van der Waals surface area contributed by atoms with Crippen molar-refractivity contribution in [2.45, 2.75) is 6.42 Å². The van der Waals surface area contributed by atoms with E-state index in [-0.39, 0.29) is 5.91 Å². The Morgan fingerprint density at radius 3 is 2.50 bits per heavy atom. The number of aryl methyl sites for hydroxylation is 1. The maximum absolute atomic E-state index is 12.9. The Hall–Kier alpha value is -3.08. The van der Waals surface area contributed by atoms with Gasteiger partial charge in [0.05, 0.1) is 5.69 Å². The number of carbonyl (C=O) groups is 1. The number of benzene rings is 2. The van der Waals surface area contributed by atoms with E-state index in [1.165, 1.54) is 5.69 Å². The lowest BCUT2D eigenvalue weighted by atomic mass is 10.1. The zero-order valence-electron chi connectivity index (χ0n) is 16.5. The van der Waals surface area contributed by atoms with Gasteiger partial charge in [-0.15, -0.1) is 0 Å². The minimum absolute atomic E-state index is 0.0176. The van der Waals surface area contributed by atoms with Crippen molar-refractivity contribution in [1.82, 2.24) is 14.7 Å². The summed E-state index contributed by atoms with van der Waals surface area (Å²) < 4.78 is 1.78. The molecule has 0 spiro atoms. The molecule has 1 unspecified atom stereocenters. The number of carbonyl (C=O) groups excluding carboxylic acids is 1. The molecule has 144 valence electrons. The Labute approximate surface area is 166 Å². The van der Waals surface area contributed by atoms with Crippen molar-refractivity contribution in [2.24, 2.45) is 13.0 Å². The third-order valence-electron chi connectivity index (χ3n) is 5.45. The van der Waals surface area contributed by atoms with Crippen LogP contribution in [0.4, 0.5) is 5.69 Å². The zero-order chi connectivity index (χ0) is 19.5. The number of anilines is 1. The average Bonchev–Trinajstić information content (AvgIpc) is 3.35. The van der Waals surface area contributed by atoms with Crippen LogP contribution in [0, 0.1) is 5.92 Å². The molecule has 28 heavy (non-hydrogen) atoms. The van der Waals surface area contributed by atoms with Crippen molar-refractivity contribution in [2.75, 3.05) is 31.6 Å². The molecule has 1 fully saturated rings. The zero-order valence-corrected chi connectivity index (χ0v) is 16.5. The van der Waals surface area contributed by atoms with Crippen LogP contribution < -0.4 is 4.90 Å². The molecule has 0 bridgehead atoms. The maximum atomic E-state index is 12.9. The fourth-order valence-electron chi connectivity index (χ4n) is 3.97. The Morgan fingerprint density at radius 2 is 1.79 bits per heavy atom. The molecule has 1 aliphatic rings. The summed E-state index contributed by atoms with van der Waals surface area (Å²) in [6, 6.07) is 22.4. The number of amides is 1. The van der Waals surface area contributed by atoms with Crippen LogP contribution in [0.2, 0.25) is 0 Å². The quantitative estimate of drug-likeness (QED) is 0.684. The first-order valence-electron chi connectivity index (χ1n) is 9.77. The Balaban J connectivity index is 1.40. The van der Waals surface area contributed by atoms with E-state index in [1.54, 1.807) is 4.68 Å². The summed E-state index contributed by atoms with van der Waals surface area (Å²) in [7, 11) is 3.76. The van der Waals surface area contributed by atoms with E-state index in [2.05, 4.69) is 34.3 Å². The molecular weight excluding hydrogens is 348 g/mol. The van der Waals surface area contributed by atoms with Crippen LogP contribution in [0.3, 0.4) is 0 Å². The van der Waals surface area contributed by atoms with Crippen molar-refractivity contribution < 1.29 is 4.79 Å². The van der Waals surface area contributed by atoms with Gasteiger partial charge in [-0.1, -0.05) is 48.5 Å². The number of para-hydroxylation sites is 1. The minimum Gasteiger partial charge on any atom is -0.371 e. The molecular formula is C23H26N4O. The minimum atomic E-state index is -0.0176. The first-order chi connectivity index (χ1) is 13.6. The molecule has 0 saturated carbocycles. The van der Waals surface area contributed by atoms with Crippen LogP contribution in [0.1, 0.15) is 16.9 Å². The van der Waals surface area contributed by atoms with Crippen LogP contribution in [-0.2, 0) is 7.05 Å². The van der Waals surface area contributed by atoms with Crippen LogP contribution >= 0.6 is 0 Å². The monoisotopic (exact) mass is 374 g/mol. The predicted molar refractivity (Wildman–Crippen MR) is 112 cm³/mol. The second kappa shape index (κ2) is 7.89. The van der Waals surface area contributed by atoms with Crippen molar-refractivity contribution in [3.05, 3.63) is 72.4 Å². The van der Waals surface area contributed by atoms with Crippen molar-refractivity contribution in [3.63, 3.8) is 0 Å². The predicted octanol–water partition coefficient (Wildman–Crippen LogP) is 3.69. The number of rotatable bonds is 5. The summed E-state index contributed by atoms with van der Waals surface area (Å²) in [6.45, 7) is 2.77. The third-order valence-corrected chi connectivity index (χ3v) is 5.45. The molecule has 2 heterocycles. The number of aromatic nitrogens is 2. The van der Waals surface area contributed by atoms with Crippen LogP contribution in [0.25, 0.3) is 11.3 Å². The van der Waals surface area contributed by atoms with Gasteiger partial charge in [0.15, 0.2) is 5.69 Å². The van der Waals surface area contributed by atoms with Gasteiger partial charge in [0.2, 0.25) is 0 Å². The van der Waals surface area contributed by atoms with Gasteiger partial charge < -0.3 is 9.80 Å². The van der Waals surface area contributed by atoms with E-state index in [1.807, 2.05) is 61.5 Å². The summed E-state index contributed by atoms with van der Waals surface area (Å²) in [4.78, 5) is 17.1. The van der Waals surface area contributed by atoms with Gasteiger partial charge in [-0.05, 0) is 36.1 Å². The molecule has 3 aromatic rings. The van der Waals surface area contributed by atoms with Crippen LogP contribution in [-0.4, -0.2) is 47.3 Å². The first kappa shape index (κ1) is 18.3. The van der Waals surface area contributed by atoms with Crippen molar-refractivity contribution in [1.29, 1.82) is 0 Å². The van der Waals surface area contributed by atoms with Gasteiger partial charge >= 0.3 is 0 Å². The van der Waals surface area contributed by atoms with Crippen LogP contribution in [0.5, 0.6) is 0 Å². The van der Waals surface area contributed by atoms with Crippen LogP contribution in [0.15, 0.2) is 66.7 Å². The van der Waals surface area contributed by atoms with E-state index in [9.17, 15) is 4.79 Å². The van der Waals surface area contributed by atoms with E-state index in [0.717, 1.165) is 37.3 Å². The van der Waals surface area contributed by atoms with Gasteiger partial charge in [-0.3, -0.25) is 9.48 Å². The largest absolute Gasteiger partial charge is 0.371 e. The summed E-state index contributed by atoms with van der Waals surface area (Å²) in [5.41, 5.74) is 3.78. The summed E-state index contributed by atoms with van der Waals surface area (Å²) in [5.74, 6) is 0.461. The van der Waals surface area contributed by atoms with Gasteiger partial charge in [0.1, 0.15) is 0 Å². The second-order valence-corrected chi connectivity index (χ2v) is 7.53. The standard InChI is InChI=1S/C23H26N4O/c1-25(16-18-13-14-27(17-18)20-11-7-4-8-12-20)23(28)21-15-22(26(2)24-21)19-9-5-3-6-10-19/h3-12,15,18H,13-14,16-17H2,1-2H3. The molecule has 2 aromatic carbocycles. The van der Waals surface area contributed by atoms with Gasteiger partial charge in [0, 0.05) is 39.4 Å². The van der Waals surface area contributed by atoms with E-state index in [0.29, 0.717) is 11.6 Å². The highest BCUT2D eigenvalue weighted by Gasteiger charge is 2.26. The molecule has 1 amide bonds. The lowest BCUT2D eigenvalue weighted by molar-refractivity contribution is 0.0770. The van der Waals surface area contributed by atoms with Gasteiger partial charge in [-0.2, -0.15) is 5.10 Å². The number of hydrogen-bond donors (Lipinski definition) is 0. The van der Waals surface area contributed by atoms with E-state index >= 15 is 0 Å². The second-order valence-electron chi connectivity index (χ2n) is 7.53. The van der Waals surface area contributed by atoms with E-state index in [4.69, 9.17) is 0 Å². The van der Waals surface area contributed by atoms with Gasteiger partial charge in [-0.25, -0.2) is 0 Å². The molecule has 5 heteroatoms. The molecule has 1 aliphatic heterocycles. The smallest absolute Gasteiger partial charge is 0.274 e. The Morgan fingerprint density at radius 1 is 1.11 bits per heavy atom. The number of hydrogen-bond acceptors (Lipinski definition) is 3. The molecule has 1 atom stereocenters. The fraction of sp³-hybridized carbons (Fsp3) is 0.304. The molecule has 1 aromatic heterocycles. The third kappa shape index (κ3) is 3.79. The van der Waals surface area contributed by atoms with Crippen molar-refractivity contribution >= 4 is 11.6 Å². The number of nitrogens with zero attached hydrogens (tertiary/aromatic N) is 4. The van der Waals surface area contributed by atoms with E-state index < -0.39 is 0 Å². The normalized spacial score (nSPS) is 16.4. The Bertz CT molecular complexity index is 936. The SMILES string of the molecule is CN(CC1CCN(c2ccccc2)C1)C(=O)c1cc(-c2ccccc2)n(C)n1. The molecule has 4 rings (SSSR count). The maximum Gasteiger partial charge on any atom is 0.274 e. The molecule has 0 aliphatic carbocycles. The fourth-order valence-corrected chi connectivity index (χ4v) is 3.97. The highest BCUT2D eigenvalue weighted by molar-refractivity contribution is 5.93. The average molecular weight is 374 g/mol. The topological polar surface area (TPSA) is 41.4 Å².